The van der Waals surface area contributed by atoms with Gasteiger partial charge in [-0.1, -0.05) is 36.0 Å². The van der Waals surface area contributed by atoms with Crippen molar-refractivity contribution in [3.8, 4) is 5.75 Å². The number of ether oxygens (including phenoxy) is 1. The number of alkyl halides is 3. The summed E-state index contributed by atoms with van der Waals surface area (Å²) >= 11 is 1.13. The van der Waals surface area contributed by atoms with E-state index in [2.05, 4.69) is 15.5 Å². The summed E-state index contributed by atoms with van der Waals surface area (Å²) in [6.07, 6.45) is -4.84. The lowest BCUT2D eigenvalue weighted by atomic mass is 10.2. The van der Waals surface area contributed by atoms with Gasteiger partial charge in [0, 0.05) is 12.7 Å². The minimum Gasteiger partial charge on any atom is -0.482 e. The predicted octanol–water partition coefficient (Wildman–Crippen LogP) is 5.01. The smallest absolute Gasteiger partial charge is 0.416 e. The summed E-state index contributed by atoms with van der Waals surface area (Å²) in [6.45, 7) is 3.80. The van der Waals surface area contributed by atoms with Gasteiger partial charge in [0.05, 0.1) is 11.3 Å². The zero-order valence-electron chi connectivity index (χ0n) is 17.1. The molecule has 0 aliphatic carbocycles. The van der Waals surface area contributed by atoms with Crippen molar-refractivity contribution in [2.45, 2.75) is 31.3 Å². The van der Waals surface area contributed by atoms with Crippen LogP contribution in [-0.4, -0.2) is 26.4 Å². The molecule has 0 aliphatic rings. The van der Waals surface area contributed by atoms with E-state index in [1.54, 1.807) is 11.6 Å². The molecule has 1 N–H and O–H groups in total. The number of aryl methyl sites for hydroxylation is 1. The SMILES string of the molecule is Cc1ccccc1OC(C)c1nnc(SCC(=O)Nc2cccc(C(F)(F)F)c2)n1C. The molecule has 0 aliphatic heterocycles. The Morgan fingerprint density at radius 3 is 2.65 bits per heavy atom. The lowest BCUT2D eigenvalue weighted by Crippen LogP contribution is -2.15. The molecule has 0 saturated carbocycles. The zero-order valence-corrected chi connectivity index (χ0v) is 17.9. The average molecular weight is 450 g/mol. The predicted molar refractivity (Wildman–Crippen MR) is 112 cm³/mol. The molecular weight excluding hydrogens is 429 g/mol. The Bertz CT molecular complexity index is 1070. The number of para-hydroxylation sites is 1. The second-order valence-corrected chi connectivity index (χ2v) is 7.78. The van der Waals surface area contributed by atoms with Crippen LogP contribution in [0.2, 0.25) is 0 Å². The first-order valence-electron chi connectivity index (χ1n) is 9.36. The van der Waals surface area contributed by atoms with Crippen LogP contribution in [0.15, 0.2) is 53.7 Å². The first-order valence-corrected chi connectivity index (χ1v) is 10.3. The number of rotatable bonds is 7. The Labute approximate surface area is 181 Å². The highest BCUT2D eigenvalue weighted by Gasteiger charge is 2.30. The van der Waals surface area contributed by atoms with Gasteiger partial charge in [-0.15, -0.1) is 10.2 Å². The second-order valence-electron chi connectivity index (χ2n) is 6.84. The highest BCUT2D eigenvalue weighted by molar-refractivity contribution is 7.99. The van der Waals surface area contributed by atoms with E-state index in [-0.39, 0.29) is 17.5 Å². The van der Waals surface area contributed by atoms with Gasteiger partial charge in [0.2, 0.25) is 5.91 Å². The van der Waals surface area contributed by atoms with Gasteiger partial charge in [-0.05, 0) is 43.7 Å². The summed E-state index contributed by atoms with van der Waals surface area (Å²) in [5, 5.41) is 11.2. The van der Waals surface area contributed by atoms with Crippen molar-refractivity contribution in [3.05, 3.63) is 65.5 Å². The Hall–Kier alpha value is -3.01. The van der Waals surface area contributed by atoms with Crippen LogP contribution in [0.4, 0.5) is 18.9 Å². The van der Waals surface area contributed by atoms with E-state index in [1.807, 2.05) is 38.1 Å². The summed E-state index contributed by atoms with van der Waals surface area (Å²) in [4.78, 5) is 12.2. The fourth-order valence-electron chi connectivity index (χ4n) is 2.84. The third kappa shape index (κ3) is 5.78. The van der Waals surface area contributed by atoms with Gasteiger partial charge in [-0.25, -0.2) is 0 Å². The normalized spacial score (nSPS) is 12.5. The summed E-state index contributed by atoms with van der Waals surface area (Å²) in [7, 11) is 1.76. The second kappa shape index (κ2) is 9.42. The Balaban J connectivity index is 1.60. The molecule has 1 amide bonds. The zero-order chi connectivity index (χ0) is 22.6. The van der Waals surface area contributed by atoms with Crippen LogP contribution in [-0.2, 0) is 18.0 Å². The van der Waals surface area contributed by atoms with Crippen LogP contribution < -0.4 is 10.1 Å². The number of benzene rings is 2. The van der Waals surface area contributed by atoms with E-state index in [9.17, 15) is 18.0 Å². The highest BCUT2D eigenvalue weighted by Crippen LogP contribution is 2.31. The molecule has 1 unspecified atom stereocenters. The van der Waals surface area contributed by atoms with Gasteiger partial charge in [0.25, 0.3) is 0 Å². The molecule has 3 rings (SSSR count). The Kier molecular flexibility index (Phi) is 6.89. The van der Waals surface area contributed by atoms with Crippen molar-refractivity contribution >= 4 is 23.4 Å². The maximum Gasteiger partial charge on any atom is 0.416 e. The molecule has 0 spiro atoms. The first kappa shape index (κ1) is 22.7. The van der Waals surface area contributed by atoms with Gasteiger partial charge < -0.3 is 14.6 Å². The summed E-state index contributed by atoms with van der Waals surface area (Å²) in [5.74, 6) is 0.852. The van der Waals surface area contributed by atoms with Crippen molar-refractivity contribution in [1.82, 2.24) is 14.8 Å². The topological polar surface area (TPSA) is 69.0 Å². The number of hydrogen-bond donors (Lipinski definition) is 1. The van der Waals surface area contributed by atoms with E-state index in [0.717, 1.165) is 35.2 Å². The molecule has 164 valence electrons. The molecule has 0 fully saturated rings. The van der Waals surface area contributed by atoms with E-state index in [4.69, 9.17) is 4.74 Å². The molecular formula is C21H21F3N4O2S. The monoisotopic (exact) mass is 450 g/mol. The van der Waals surface area contributed by atoms with Crippen molar-refractivity contribution in [2.24, 2.45) is 7.05 Å². The lowest BCUT2D eigenvalue weighted by molar-refractivity contribution is -0.137. The molecule has 1 atom stereocenters. The highest BCUT2D eigenvalue weighted by atomic mass is 32.2. The van der Waals surface area contributed by atoms with Crippen molar-refractivity contribution < 1.29 is 22.7 Å². The third-order valence-corrected chi connectivity index (χ3v) is 5.46. The number of carbonyl (C=O) groups is 1. The molecule has 0 saturated heterocycles. The standard InChI is InChI=1S/C21H21F3N4O2S/c1-13-7-4-5-10-17(13)30-14(2)19-26-27-20(28(19)3)31-12-18(29)25-16-9-6-8-15(11-16)21(22,23)24/h4-11,14H,12H2,1-3H3,(H,25,29). The lowest BCUT2D eigenvalue weighted by Gasteiger charge is -2.15. The van der Waals surface area contributed by atoms with E-state index < -0.39 is 17.6 Å². The number of carbonyl (C=O) groups excluding carboxylic acids is 1. The van der Waals surface area contributed by atoms with Crippen LogP contribution in [0, 0.1) is 6.92 Å². The van der Waals surface area contributed by atoms with Crippen molar-refractivity contribution in [1.29, 1.82) is 0 Å². The van der Waals surface area contributed by atoms with Gasteiger partial charge in [0.1, 0.15) is 5.75 Å². The summed E-state index contributed by atoms with van der Waals surface area (Å²) in [6, 6.07) is 12.1. The molecule has 31 heavy (non-hydrogen) atoms. The minimum absolute atomic E-state index is 0.0325. The van der Waals surface area contributed by atoms with Crippen LogP contribution in [0.1, 0.15) is 30.0 Å². The molecule has 6 nitrogen and oxygen atoms in total. The largest absolute Gasteiger partial charge is 0.482 e. The maximum atomic E-state index is 12.8. The number of thioether (sulfide) groups is 1. The van der Waals surface area contributed by atoms with E-state index >= 15 is 0 Å². The van der Waals surface area contributed by atoms with E-state index in [0.29, 0.717) is 11.0 Å². The van der Waals surface area contributed by atoms with Crippen LogP contribution in [0.3, 0.4) is 0 Å². The number of anilines is 1. The van der Waals surface area contributed by atoms with Crippen molar-refractivity contribution in [3.63, 3.8) is 0 Å². The number of hydrogen-bond acceptors (Lipinski definition) is 5. The molecule has 0 bridgehead atoms. The summed E-state index contributed by atoms with van der Waals surface area (Å²) < 4.78 is 46.1. The minimum atomic E-state index is -4.47. The Morgan fingerprint density at radius 2 is 1.94 bits per heavy atom. The fourth-order valence-corrected chi connectivity index (χ4v) is 3.56. The average Bonchev–Trinajstić information content (AvgIpc) is 3.08. The van der Waals surface area contributed by atoms with Gasteiger partial charge in [0.15, 0.2) is 17.1 Å². The van der Waals surface area contributed by atoms with Gasteiger partial charge in [-0.3, -0.25) is 4.79 Å². The van der Waals surface area contributed by atoms with Crippen molar-refractivity contribution in [2.75, 3.05) is 11.1 Å². The number of aromatic nitrogens is 3. The molecule has 1 aromatic heterocycles. The molecule has 3 aromatic rings. The number of nitrogens with one attached hydrogen (secondary N) is 1. The number of nitrogens with zero attached hydrogens (tertiary/aromatic N) is 3. The van der Waals surface area contributed by atoms with Crippen LogP contribution in [0.5, 0.6) is 5.75 Å². The molecule has 10 heteroatoms. The van der Waals surface area contributed by atoms with Crippen LogP contribution in [0.25, 0.3) is 0 Å². The summed E-state index contributed by atoms with van der Waals surface area (Å²) in [5.41, 5.74) is 0.259. The number of halogens is 3. The quantitative estimate of drug-likeness (QED) is 0.513. The number of amides is 1. The third-order valence-electron chi connectivity index (χ3n) is 4.44. The first-order chi connectivity index (χ1) is 14.6. The van der Waals surface area contributed by atoms with Gasteiger partial charge >= 0.3 is 6.18 Å². The fraction of sp³-hybridized carbons (Fsp3) is 0.286. The molecule has 1 heterocycles. The molecule has 2 aromatic carbocycles. The Morgan fingerprint density at radius 1 is 1.19 bits per heavy atom. The maximum absolute atomic E-state index is 12.8. The van der Waals surface area contributed by atoms with E-state index in [1.165, 1.54) is 12.1 Å². The molecule has 0 radical (unpaired) electrons. The van der Waals surface area contributed by atoms with Crippen LogP contribution >= 0.6 is 11.8 Å². The van der Waals surface area contributed by atoms with Gasteiger partial charge in [-0.2, -0.15) is 13.2 Å².